The Kier molecular flexibility index (Phi) is 4.28. The molecule has 1 aromatic carbocycles. The molecule has 0 aliphatic rings. The third-order valence-corrected chi connectivity index (χ3v) is 4.62. The molecule has 2 N–H and O–H groups in total. The van der Waals surface area contributed by atoms with E-state index in [-0.39, 0.29) is 5.03 Å². The molecule has 0 fully saturated rings. The van der Waals surface area contributed by atoms with Crippen molar-refractivity contribution in [1.82, 2.24) is 10.2 Å². The average molecular weight is 295 g/mol. The summed E-state index contributed by atoms with van der Waals surface area (Å²) in [4.78, 5) is 0.852. The van der Waals surface area contributed by atoms with E-state index < -0.39 is 10.0 Å². The van der Waals surface area contributed by atoms with Crippen molar-refractivity contribution in [2.45, 2.75) is 9.92 Å². The van der Waals surface area contributed by atoms with Gasteiger partial charge in [0, 0.05) is 10.6 Å². The molecule has 0 aliphatic heterocycles. The molecular formula is C12H13N3O2S2. The lowest BCUT2D eigenvalue weighted by atomic mass is 10.3. The van der Waals surface area contributed by atoms with E-state index in [2.05, 4.69) is 21.5 Å². The fraction of sp³-hybridized carbons (Fsp3) is 0.0833. The molecule has 0 atom stereocenters. The number of nitrogens with zero attached hydrogens (tertiary/aromatic N) is 1. The number of anilines is 1. The largest absolute Gasteiger partial charge is 0.278 e. The average Bonchev–Trinajstić information content (AvgIpc) is 2.92. The second-order valence-corrected chi connectivity index (χ2v) is 6.33. The molecule has 2 rings (SSSR count). The SMILES string of the molecule is C=CCSc1ccccc1NS(=O)(=O)c1ccn[nH]1. The van der Waals surface area contributed by atoms with Crippen molar-refractivity contribution in [2.75, 3.05) is 10.5 Å². The first-order chi connectivity index (χ1) is 9.13. The van der Waals surface area contributed by atoms with Crippen molar-refractivity contribution in [3.8, 4) is 0 Å². The maximum absolute atomic E-state index is 12.1. The van der Waals surface area contributed by atoms with Gasteiger partial charge in [-0.15, -0.1) is 18.3 Å². The zero-order valence-electron chi connectivity index (χ0n) is 10.0. The second-order valence-electron chi connectivity index (χ2n) is 3.62. The van der Waals surface area contributed by atoms with Gasteiger partial charge in [-0.1, -0.05) is 18.2 Å². The van der Waals surface area contributed by atoms with Crippen molar-refractivity contribution in [1.29, 1.82) is 0 Å². The molecule has 0 unspecified atom stereocenters. The van der Waals surface area contributed by atoms with Gasteiger partial charge in [-0.05, 0) is 18.2 Å². The molecule has 0 saturated carbocycles. The minimum absolute atomic E-state index is 0.0380. The van der Waals surface area contributed by atoms with Crippen LogP contribution in [0.1, 0.15) is 0 Å². The van der Waals surface area contributed by atoms with Crippen LogP contribution in [0.3, 0.4) is 0 Å². The second kappa shape index (κ2) is 5.94. The number of thioether (sulfide) groups is 1. The van der Waals surface area contributed by atoms with E-state index >= 15 is 0 Å². The van der Waals surface area contributed by atoms with Crippen LogP contribution in [0.4, 0.5) is 5.69 Å². The molecule has 0 aliphatic carbocycles. The number of hydrogen-bond donors (Lipinski definition) is 2. The molecule has 2 aromatic rings. The molecule has 0 radical (unpaired) electrons. The lowest BCUT2D eigenvalue weighted by molar-refractivity contribution is 0.597. The van der Waals surface area contributed by atoms with Crippen LogP contribution in [-0.4, -0.2) is 24.4 Å². The first kappa shape index (κ1) is 13.7. The van der Waals surface area contributed by atoms with Crippen molar-refractivity contribution < 1.29 is 8.42 Å². The summed E-state index contributed by atoms with van der Waals surface area (Å²) in [5.41, 5.74) is 0.545. The molecule has 0 amide bonds. The van der Waals surface area contributed by atoms with Crippen LogP contribution in [0.2, 0.25) is 0 Å². The molecule has 7 heteroatoms. The van der Waals surface area contributed by atoms with Crippen LogP contribution < -0.4 is 4.72 Å². The third kappa shape index (κ3) is 3.39. The Labute approximate surface area is 116 Å². The van der Waals surface area contributed by atoms with Gasteiger partial charge in [0.2, 0.25) is 0 Å². The molecule has 5 nitrogen and oxygen atoms in total. The standard InChI is InChI=1S/C12H13N3O2S2/c1-2-9-18-11-6-4-3-5-10(11)15-19(16,17)12-7-8-13-14-12/h2-8,15H,1,9H2,(H,13,14). The minimum Gasteiger partial charge on any atom is -0.277 e. The highest BCUT2D eigenvalue weighted by Crippen LogP contribution is 2.28. The Balaban J connectivity index is 2.26. The number of benzene rings is 1. The fourth-order valence-electron chi connectivity index (χ4n) is 1.42. The first-order valence-electron chi connectivity index (χ1n) is 5.48. The van der Waals surface area contributed by atoms with Crippen LogP contribution >= 0.6 is 11.8 Å². The van der Waals surface area contributed by atoms with Crippen LogP contribution in [0.25, 0.3) is 0 Å². The summed E-state index contributed by atoms with van der Waals surface area (Å²) in [6, 6.07) is 8.63. The van der Waals surface area contributed by atoms with Crippen LogP contribution in [-0.2, 0) is 10.0 Å². The summed E-state index contributed by atoms with van der Waals surface area (Å²) in [7, 11) is -3.62. The van der Waals surface area contributed by atoms with Gasteiger partial charge in [-0.2, -0.15) is 13.5 Å². The van der Waals surface area contributed by atoms with E-state index in [0.717, 1.165) is 4.90 Å². The third-order valence-electron chi connectivity index (χ3n) is 2.25. The maximum atomic E-state index is 12.1. The van der Waals surface area contributed by atoms with Gasteiger partial charge >= 0.3 is 0 Å². The number of nitrogens with one attached hydrogen (secondary N) is 2. The van der Waals surface area contributed by atoms with E-state index in [0.29, 0.717) is 11.4 Å². The van der Waals surface area contributed by atoms with Gasteiger partial charge in [0.05, 0.1) is 11.9 Å². The van der Waals surface area contributed by atoms with Gasteiger partial charge in [-0.25, -0.2) is 0 Å². The summed E-state index contributed by atoms with van der Waals surface area (Å²) in [6.07, 6.45) is 3.16. The monoisotopic (exact) mass is 295 g/mol. The smallest absolute Gasteiger partial charge is 0.277 e. The number of rotatable bonds is 6. The van der Waals surface area contributed by atoms with Crippen LogP contribution in [0.5, 0.6) is 0 Å². The van der Waals surface area contributed by atoms with E-state index in [9.17, 15) is 8.42 Å². The maximum Gasteiger partial charge on any atom is 0.278 e. The highest BCUT2D eigenvalue weighted by atomic mass is 32.2. The topological polar surface area (TPSA) is 74.8 Å². The Hall–Kier alpha value is -1.73. The molecule has 1 heterocycles. The highest BCUT2D eigenvalue weighted by molar-refractivity contribution is 7.99. The predicted octanol–water partition coefficient (Wildman–Crippen LogP) is 2.49. The van der Waals surface area contributed by atoms with E-state index in [1.165, 1.54) is 24.0 Å². The number of aromatic nitrogens is 2. The molecule has 0 bridgehead atoms. The van der Waals surface area contributed by atoms with Gasteiger partial charge < -0.3 is 0 Å². The van der Waals surface area contributed by atoms with Gasteiger partial charge in [0.25, 0.3) is 10.0 Å². The normalized spacial score (nSPS) is 11.2. The van der Waals surface area contributed by atoms with Gasteiger partial charge in [0.1, 0.15) is 0 Å². The van der Waals surface area contributed by atoms with E-state index in [4.69, 9.17) is 0 Å². The van der Waals surface area contributed by atoms with Crippen molar-refractivity contribution >= 4 is 27.5 Å². The number of para-hydroxylation sites is 1. The zero-order chi connectivity index (χ0) is 13.7. The number of sulfonamides is 1. The summed E-state index contributed by atoms with van der Waals surface area (Å²) in [5, 5.41) is 6.11. The van der Waals surface area contributed by atoms with Crippen LogP contribution in [0.15, 0.2) is 59.1 Å². The minimum atomic E-state index is -3.62. The highest BCUT2D eigenvalue weighted by Gasteiger charge is 2.16. The van der Waals surface area contributed by atoms with E-state index in [1.807, 2.05) is 12.1 Å². The molecule has 1 aromatic heterocycles. The van der Waals surface area contributed by atoms with Crippen molar-refractivity contribution in [3.05, 3.63) is 49.2 Å². The summed E-state index contributed by atoms with van der Waals surface area (Å²) >= 11 is 1.51. The zero-order valence-corrected chi connectivity index (χ0v) is 11.7. The molecule has 0 saturated heterocycles. The molecule has 0 spiro atoms. The number of hydrogen-bond acceptors (Lipinski definition) is 4. The molecule has 19 heavy (non-hydrogen) atoms. The lowest BCUT2D eigenvalue weighted by Crippen LogP contribution is -2.14. The van der Waals surface area contributed by atoms with Crippen LogP contribution in [0, 0.1) is 0 Å². The van der Waals surface area contributed by atoms with Crippen molar-refractivity contribution in [2.24, 2.45) is 0 Å². The van der Waals surface area contributed by atoms with Crippen molar-refractivity contribution in [3.63, 3.8) is 0 Å². The first-order valence-corrected chi connectivity index (χ1v) is 7.95. The summed E-state index contributed by atoms with van der Waals surface area (Å²) in [5.74, 6) is 0.711. The Bertz CT molecular complexity index is 651. The van der Waals surface area contributed by atoms with E-state index in [1.54, 1.807) is 18.2 Å². The fourth-order valence-corrected chi connectivity index (χ4v) is 3.22. The predicted molar refractivity (Wildman–Crippen MR) is 76.8 cm³/mol. The quantitative estimate of drug-likeness (QED) is 0.634. The Morgan fingerprint density at radius 2 is 2.16 bits per heavy atom. The Morgan fingerprint density at radius 1 is 1.37 bits per heavy atom. The van der Waals surface area contributed by atoms with Gasteiger partial charge in [0.15, 0.2) is 5.03 Å². The Morgan fingerprint density at radius 3 is 2.84 bits per heavy atom. The molecule has 100 valence electrons. The molecular weight excluding hydrogens is 282 g/mol. The number of H-pyrrole nitrogens is 1. The lowest BCUT2D eigenvalue weighted by Gasteiger charge is -2.10. The summed E-state index contributed by atoms with van der Waals surface area (Å²) in [6.45, 7) is 3.65. The summed E-state index contributed by atoms with van der Waals surface area (Å²) < 4.78 is 26.7. The van der Waals surface area contributed by atoms with Gasteiger partial charge in [-0.3, -0.25) is 9.82 Å². The number of aromatic amines is 1.